The number of nitrogens with one attached hydrogen (secondary N) is 1. The van der Waals surface area contributed by atoms with E-state index in [4.69, 9.17) is 0 Å². The van der Waals surface area contributed by atoms with Crippen LogP contribution in [0.3, 0.4) is 0 Å². The maximum Gasteiger partial charge on any atom is 0.332 e. The molecular weight excluding hydrogens is 346 g/mol. The molecule has 0 atom stereocenters. The molecule has 0 unspecified atom stereocenters. The Kier molecular flexibility index (Phi) is 4.10. The molecule has 0 radical (unpaired) electrons. The Bertz CT molecular complexity index is 1100. The predicted molar refractivity (Wildman–Crippen MR) is 103 cm³/mol. The Morgan fingerprint density at radius 1 is 0.963 bits per heavy atom. The predicted octanol–water partition coefficient (Wildman–Crippen LogP) is 0.528. The molecule has 4 rings (SSSR count). The van der Waals surface area contributed by atoms with Gasteiger partial charge in [0.05, 0.1) is 0 Å². The number of amides is 1. The summed E-state index contributed by atoms with van der Waals surface area (Å²) in [5.41, 5.74) is 0.832. The van der Waals surface area contributed by atoms with Crippen LogP contribution in [0, 0.1) is 0 Å². The molecule has 1 aliphatic rings. The summed E-state index contributed by atoms with van der Waals surface area (Å²) in [6.07, 6.45) is 0. The number of hydrogen-bond acceptors (Lipinski definition) is 4. The third-order valence-corrected chi connectivity index (χ3v) is 5.15. The molecule has 0 bridgehead atoms. The number of aromatic nitrogens is 3. The van der Waals surface area contributed by atoms with Gasteiger partial charge in [-0.25, -0.2) is 4.79 Å². The minimum absolute atomic E-state index is 0.0382. The number of hydrogen-bond donors (Lipinski definition) is 1. The van der Waals surface area contributed by atoms with Crippen LogP contribution in [-0.2, 0) is 14.1 Å². The first kappa shape index (κ1) is 17.1. The molecule has 140 valence electrons. The van der Waals surface area contributed by atoms with Crippen LogP contribution in [0.2, 0.25) is 0 Å². The zero-order chi connectivity index (χ0) is 19.1. The number of rotatable bonds is 2. The van der Waals surface area contributed by atoms with Crippen molar-refractivity contribution < 1.29 is 4.79 Å². The molecular formula is C19H21N5O3. The summed E-state index contributed by atoms with van der Waals surface area (Å²) in [6, 6.07) is 11.1. The zero-order valence-corrected chi connectivity index (χ0v) is 15.3. The van der Waals surface area contributed by atoms with Crippen molar-refractivity contribution >= 4 is 22.6 Å². The zero-order valence-electron chi connectivity index (χ0n) is 15.3. The summed E-state index contributed by atoms with van der Waals surface area (Å²) in [4.78, 5) is 43.8. The lowest BCUT2D eigenvalue weighted by molar-refractivity contribution is 0.0741. The van der Waals surface area contributed by atoms with Gasteiger partial charge in [0.1, 0.15) is 11.5 Å². The van der Waals surface area contributed by atoms with E-state index in [1.807, 2.05) is 35.2 Å². The molecule has 1 aromatic carbocycles. The second-order valence-corrected chi connectivity index (χ2v) is 6.79. The molecule has 0 saturated carbocycles. The fourth-order valence-electron chi connectivity index (χ4n) is 3.52. The molecule has 3 heterocycles. The molecule has 1 saturated heterocycles. The number of anilines is 1. The minimum Gasteiger partial charge on any atom is -0.354 e. The van der Waals surface area contributed by atoms with Crippen LogP contribution in [0.5, 0.6) is 0 Å². The average molecular weight is 367 g/mol. The van der Waals surface area contributed by atoms with Crippen LogP contribution >= 0.6 is 0 Å². The van der Waals surface area contributed by atoms with Crippen LogP contribution in [0.4, 0.5) is 5.82 Å². The molecule has 1 fully saturated rings. The van der Waals surface area contributed by atoms with Crippen LogP contribution in [-0.4, -0.2) is 51.1 Å². The Morgan fingerprint density at radius 3 is 2.37 bits per heavy atom. The summed E-state index contributed by atoms with van der Waals surface area (Å²) in [5, 5.41) is 1.01. The maximum atomic E-state index is 12.8. The standard InChI is InChI=1S/C19H21N5O3/c1-21-16(12-17(25)22(2)19(21)27)23-7-9-24(10-8-23)18(26)15-11-13-5-3-4-6-14(13)20-15/h3-6,11-12,20H,7-10H2,1-2H3. The van der Waals surface area contributed by atoms with E-state index in [-0.39, 0.29) is 17.2 Å². The van der Waals surface area contributed by atoms with Crippen molar-refractivity contribution in [3.63, 3.8) is 0 Å². The highest BCUT2D eigenvalue weighted by molar-refractivity contribution is 5.98. The van der Waals surface area contributed by atoms with E-state index >= 15 is 0 Å². The normalized spacial score (nSPS) is 14.7. The van der Waals surface area contributed by atoms with Crippen LogP contribution in [0.15, 0.2) is 46.0 Å². The van der Waals surface area contributed by atoms with Crippen molar-refractivity contribution in [1.29, 1.82) is 0 Å². The van der Waals surface area contributed by atoms with E-state index < -0.39 is 0 Å². The van der Waals surface area contributed by atoms with Gasteiger partial charge in [-0.2, -0.15) is 0 Å². The van der Waals surface area contributed by atoms with Gasteiger partial charge in [0, 0.05) is 57.2 Å². The second-order valence-electron chi connectivity index (χ2n) is 6.79. The maximum absolute atomic E-state index is 12.8. The van der Waals surface area contributed by atoms with Gasteiger partial charge >= 0.3 is 5.69 Å². The molecule has 8 heteroatoms. The molecule has 8 nitrogen and oxygen atoms in total. The van der Waals surface area contributed by atoms with E-state index in [1.165, 1.54) is 17.7 Å². The van der Waals surface area contributed by atoms with Crippen molar-refractivity contribution in [3.8, 4) is 0 Å². The number of fused-ring (bicyclic) bond motifs is 1. The van der Waals surface area contributed by atoms with Crippen molar-refractivity contribution in [2.75, 3.05) is 31.1 Å². The van der Waals surface area contributed by atoms with Gasteiger partial charge in [-0.15, -0.1) is 0 Å². The molecule has 2 aromatic heterocycles. The highest BCUT2D eigenvalue weighted by Gasteiger charge is 2.25. The van der Waals surface area contributed by atoms with Gasteiger partial charge in [0.2, 0.25) is 0 Å². The molecule has 1 N–H and O–H groups in total. The Balaban J connectivity index is 1.51. The quantitative estimate of drug-likeness (QED) is 0.716. The highest BCUT2D eigenvalue weighted by Crippen LogP contribution is 2.18. The summed E-state index contributed by atoms with van der Waals surface area (Å²) in [5.74, 6) is 0.546. The third kappa shape index (κ3) is 2.92. The van der Waals surface area contributed by atoms with Crippen LogP contribution < -0.4 is 16.1 Å². The van der Waals surface area contributed by atoms with E-state index in [1.54, 1.807) is 11.9 Å². The largest absolute Gasteiger partial charge is 0.354 e. The van der Waals surface area contributed by atoms with Crippen molar-refractivity contribution in [3.05, 3.63) is 62.9 Å². The van der Waals surface area contributed by atoms with Gasteiger partial charge in [-0.05, 0) is 12.1 Å². The number of carbonyl (C=O) groups excluding carboxylic acids is 1. The number of para-hydroxylation sites is 1. The van der Waals surface area contributed by atoms with Crippen LogP contribution in [0.1, 0.15) is 10.5 Å². The molecule has 0 aliphatic carbocycles. The van der Waals surface area contributed by atoms with Gasteiger partial charge in [0.25, 0.3) is 11.5 Å². The first-order valence-corrected chi connectivity index (χ1v) is 8.85. The monoisotopic (exact) mass is 367 g/mol. The van der Waals surface area contributed by atoms with Gasteiger partial charge < -0.3 is 14.8 Å². The van der Waals surface area contributed by atoms with Crippen LogP contribution in [0.25, 0.3) is 10.9 Å². The van der Waals surface area contributed by atoms with E-state index in [2.05, 4.69) is 4.98 Å². The lowest BCUT2D eigenvalue weighted by Gasteiger charge is -2.36. The highest BCUT2D eigenvalue weighted by atomic mass is 16.2. The number of nitrogens with zero attached hydrogens (tertiary/aromatic N) is 4. The third-order valence-electron chi connectivity index (χ3n) is 5.15. The minimum atomic E-state index is -0.353. The fourth-order valence-corrected chi connectivity index (χ4v) is 3.52. The van der Waals surface area contributed by atoms with E-state index in [9.17, 15) is 14.4 Å². The lowest BCUT2D eigenvalue weighted by atomic mass is 10.2. The van der Waals surface area contributed by atoms with Crippen molar-refractivity contribution in [2.45, 2.75) is 0 Å². The number of carbonyl (C=O) groups is 1. The fraction of sp³-hybridized carbons (Fsp3) is 0.316. The Labute approximate surface area is 155 Å². The Hall–Kier alpha value is -3.29. The SMILES string of the molecule is Cn1c(N2CCN(C(=O)c3cc4ccccc4[nH]3)CC2)cc(=O)n(C)c1=O. The van der Waals surface area contributed by atoms with Gasteiger partial charge in [-0.1, -0.05) is 18.2 Å². The first-order chi connectivity index (χ1) is 13.0. The number of piperazine rings is 1. The molecule has 0 spiro atoms. The second kappa shape index (κ2) is 6.46. The summed E-state index contributed by atoms with van der Waals surface area (Å²) >= 11 is 0. The molecule has 27 heavy (non-hydrogen) atoms. The van der Waals surface area contributed by atoms with Crippen molar-refractivity contribution in [1.82, 2.24) is 19.0 Å². The van der Waals surface area contributed by atoms with E-state index in [0.717, 1.165) is 15.5 Å². The first-order valence-electron chi connectivity index (χ1n) is 8.85. The van der Waals surface area contributed by atoms with Crippen molar-refractivity contribution in [2.24, 2.45) is 14.1 Å². The lowest BCUT2D eigenvalue weighted by Crippen LogP contribution is -2.51. The Morgan fingerprint density at radius 2 is 1.67 bits per heavy atom. The van der Waals surface area contributed by atoms with Gasteiger partial charge in [0.15, 0.2) is 0 Å². The molecule has 1 aliphatic heterocycles. The van der Waals surface area contributed by atoms with Gasteiger partial charge in [-0.3, -0.25) is 18.7 Å². The number of H-pyrrole nitrogens is 1. The smallest absolute Gasteiger partial charge is 0.332 e. The van der Waals surface area contributed by atoms with E-state index in [0.29, 0.717) is 37.7 Å². The average Bonchev–Trinajstić information content (AvgIpc) is 3.13. The summed E-state index contributed by atoms with van der Waals surface area (Å²) in [7, 11) is 3.12. The molecule has 3 aromatic rings. The summed E-state index contributed by atoms with van der Waals surface area (Å²) in [6.45, 7) is 2.17. The number of benzene rings is 1. The molecule has 1 amide bonds. The topological polar surface area (TPSA) is 83.3 Å². The number of aromatic amines is 1. The summed E-state index contributed by atoms with van der Waals surface area (Å²) < 4.78 is 2.55.